The van der Waals surface area contributed by atoms with E-state index in [0.29, 0.717) is 11.5 Å². The lowest BCUT2D eigenvalue weighted by Gasteiger charge is -2.40. The number of methoxy groups -OCH3 is 1. The minimum absolute atomic E-state index is 0.00645. The Labute approximate surface area is 266 Å². The molecule has 44 heavy (non-hydrogen) atoms. The van der Waals surface area contributed by atoms with Gasteiger partial charge < -0.3 is 29.9 Å². The maximum atomic E-state index is 14.0. The SMILES string of the molecule is COc1ccccc1CCN(C(=O)c1ccc(C(F)(F)F)cc1)[C@@H]1CC(C(=O)NCCO)=C[C@H](Oc2ccccc2I)[C@H]1O. The third kappa shape index (κ3) is 8.10. The number of alkyl halides is 3. The van der Waals surface area contributed by atoms with Crippen LogP contribution < -0.4 is 14.8 Å². The fraction of sp³-hybridized carbons (Fsp3) is 0.312. The molecule has 3 aromatic rings. The fourth-order valence-corrected chi connectivity index (χ4v) is 5.52. The second kappa shape index (κ2) is 14.9. The van der Waals surface area contributed by atoms with Crippen molar-refractivity contribution in [2.45, 2.75) is 37.3 Å². The minimum atomic E-state index is -4.58. The molecule has 0 bridgehead atoms. The van der Waals surface area contributed by atoms with Gasteiger partial charge in [0.25, 0.3) is 5.91 Å². The quantitative estimate of drug-likeness (QED) is 0.250. The van der Waals surface area contributed by atoms with Gasteiger partial charge in [0.05, 0.1) is 28.9 Å². The van der Waals surface area contributed by atoms with E-state index in [4.69, 9.17) is 9.47 Å². The highest BCUT2D eigenvalue weighted by atomic mass is 127. The molecule has 0 heterocycles. The number of hydrogen-bond donors (Lipinski definition) is 3. The van der Waals surface area contributed by atoms with Gasteiger partial charge >= 0.3 is 6.18 Å². The Morgan fingerprint density at radius 3 is 2.32 bits per heavy atom. The fourth-order valence-electron chi connectivity index (χ4n) is 5.00. The predicted octanol–water partition coefficient (Wildman–Crippen LogP) is 4.62. The van der Waals surface area contributed by atoms with E-state index >= 15 is 0 Å². The van der Waals surface area contributed by atoms with E-state index in [1.54, 1.807) is 24.3 Å². The largest absolute Gasteiger partial charge is 0.496 e. The minimum Gasteiger partial charge on any atom is -0.496 e. The first-order valence-corrected chi connectivity index (χ1v) is 14.9. The molecule has 0 saturated heterocycles. The summed E-state index contributed by atoms with van der Waals surface area (Å²) in [4.78, 5) is 28.4. The number of nitrogens with zero attached hydrogens (tertiary/aromatic N) is 1. The van der Waals surface area contributed by atoms with E-state index in [9.17, 15) is 33.0 Å². The first-order chi connectivity index (χ1) is 21.0. The number of hydrogen-bond acceptors (Lipinski definition) is 6. The van der Waals surface area contributed by atoms with Crippen molar-refractivity contribution in [1.29, 1.82) is 0 Å². The van der Waals surface area contributed by atoms with Gasteiger partial charge in [-0.25, -0.2) is 0 Å². The average molecular weight is 725 g/mol. The standard InChI is InChI=1S/C32H32F3IN2O6/c1-43-26-8-4-2-6-20(26)14-16-38(31(42)21-10-12-23(13-11-21)32(33,34)35)25-18-22(30(41)37-15-17-39)19-28(29(25)40)44-27-9-5-3-7-24(27)36/h2-13,19,25,28-29,39-40H,14-18H2,1H3,(H,37,41)/t25-,28+,29+/m1/s1. The Morgan fingerprint density at radius 2 is 1.68 bits per heavy atom. The Hall–Kier alpha value is -3.62. The number of aliphatic hydroxyl groups is 2. The molecule has 0 spiro atoms. The van der Waals surface area contributed by atoms with Crippen LogP contribution in [0.5, 0.6) is 11.5 Å². The van der Waals surface area contributed by atoms with Crippen LogP contribution in [0.25, 0.3) is 0 Å². The van der Waals surface area contributed by atoms with Gasteiger partial charge in [0.2, 0.25) is 5.91 Å². The third-order valence-electron chi connectivity index (χ3n) is 7.25. The molecule has 0 aromatic heterocycles. The molecule has 8 nitrogen and oxygen atoms in total. The van der Waals surface area contributed by atoms with Gasteiger partial charge in [-0.1, -0.05) is 30.3 Å². The van der Waals surface area contributed by atoms with Crippen molar-refractivity contribution in [2.24, 2.45) is 0 Å². The first-order valence-electron chi connectivity index (χ1n) is 13.8. The maximum absolute atomic E-state index is 14.0. The number of carbonyl (C=O) groups is 2. The summed E-state index contributed by atoms with van der Waals surface area (Å²) in [6.07, 6.45) is -5.21. The Balaban J connectivity index is 1.73. The zero-order chi connectivity index (χ0) is 31.9. The van der Waals surface area contributed by atoms with Gasteiger partial charge in [-0.05, 0) is 83.1 Å². The van der Waals surface area contributed by atoms with Gasteiger partial charge in [-0.3, -0.25) is 9.59 Å². The Morgan fingerprint density at radius 1 is 1.02 bits per heavy atom. The Kier molecular flexibility index (Phi) is 11.3. The van der Waals surface area contributed by atoms with Crippen LogP contribution in [0.3, 0.4) is 0 Å². The van der Waals surface area contributed by atoms with Crippen LogP contribution in [0.15, 0.2) is 84.4 Å². The molecule has 0 radical (unpaired) electrons. The summed E-state index contributed by atoms with van der Waals surface area (Å²) in [6, 6.07) is 17.2. The van der Waals surface area contributed by atoms with E-state index in [1.165, 1.54) is 18.1 Å². The van der Waals surface area contributed by atoms with Crippen molar-refractivity contribution in [1.82, 2.24) is 10.2 Å². The molecule has 1 aliphatic carbocycles. The number of aliphatic hydroxyl groups excluding tert-OH is 2. The van der Waals surface area contributed by atoms with Gasteiger partial charge in [-0.15, -0.1) is 0 Å². The molecule has 3 N–H and O–H groups in total. The number of nitrogens with one attached hydrogen (secondary N) is 1. The molecule has 4 rings (SSSR count). The van der Waals surface area contributed by atoms with Crippen LogP contribution in [-0.4, -0.2) is 72.0 Å². The van der Waals surface area contributed by atoms with E-state index in [2.05, 4.69) is 27.9 Å². The van der Waals surface area contributed by atoms with Crippen molar-refractivity contribution in [3.8, 4) is 11.5 Å². The number of benzene rings is 3. The lowest BCUT2D eigenvalue weighted by molar-refractivity contribution is -0.137. The molecule has 2 amide bonds. The number of para-hydroxylation sites is 2. The molecule has 0 fully saturated rings. The van der Waals surface area contributed by atoms with Gasteiger partial charge in [0.15, 0.2) is 0 Å². The summed E-state index contributed by atoms with van der Waals surface area (Å²) in [5, 5.41) is 23.5. The molecule has 0 saturated carbocycles. The van der Waals surface area contributed by atoms with Crippen LogP contribution in [0.2, 0.25) is 0 Å². The van der Waals surface area contributed by atoms with Crippen molar-refractivity contribution in [3.05, 3.63) is 105 Å². The van der Waals surface area contributed by atoms with Crippen LogP contribution in [0, 0.1) is 3.57 Å². The highest BCUT2D eigenvalue weighted by Crippen LogP contribution is 2.32. The first kappa shape index (κ1) is 33.3. The highest BCUT2D eigenvalue weighted by Gasteiger charge is 2.41. The summed E-state index contributed by atoms with van der Waals surface area (Å²) >= 11 is 2.08. The molecule has 3 atom stereocenters. The van der Waals surface area contributed by atoms with E-state index < -0.39 is 41.8 Å². The molecular weight excluding hydrogens is 692 g/mol. The number of carbonyl (C=O) groups excluding carboxylic acids is 2. The molecule has 3 aromatic carbocycles. The highest BCUT2D eigenvalue weighted by molar-refractivity contribution is 14.1. The van der Waals surface area contributed by atoms with Crippen molar-refractivity contribution in [2.75, 3.05) is 26.8 Å². The summed E-state index contributed by atoms with van der Waals surface area (Å²) in [5.41, 5.74) is 0.0889. The molecular formula is C32H32F3IN2O6. The topological polar surface area (TPSA) is 108 Å². The second-order valence-corrected chi connectivity index (χ2v) is 11.2. The van der Waals surface area contributed by atoms with Crippen LogP contribution in [0.4, 0.5) is 13.2 Å². The average Bonchev–Trinajstić information content (AvgIpc) is 3.02. The van der Waals surface area contributed by atoms with Crippen LogP contribution in [-0.2, 0) is 17.4 Å². The van der Waals surface area contributed by atoms with E-state index in [0.717, 1.165) is 33.4 Å². The van der Waals surface area contributed by atoms with Gasteiger partial charge in [0.1, 0.15) is 23.7 Å². The smallest absolute Gasteiger partial charge is 0.416 e. The van der Waals surface area contributed by atoms with Crippen molar-refractivity contribution < 1.29 is 42.4 Å². The number of halogens is 4. The van der Waals surface area contributed by atoms with Crippen molar-refractivity contribution >= 4 is 34.4 Å². The summed E-state index contributed by atoms with van der Waals surface area (Å²) in [7, 11) is 1.52. The number of amides is 2. The monoisotopic (exact) mass is 724 g/mol. The maximum Gasteiger partial charge on any atom is 0.416 e. The Bertz CT molecular complexity index is 1480. The lowest BCUT2D eigenvalue weighted by Crippen LogP contribution is -2.55. The summed E-state index contributed by atoms with van der Waals surface area (Å²) < 4.78 is 52.1. The summed E-state index contributed by atoms with van der Waals surface area (Å²) in [6.45, 7) is -0.249. The van der Waals surface area contributed by atoms with Gasteiger partial charge in [-0.2, -0.15) is 13.2 Å². The predicted molar refractivity (Wildman–Crippen MR) is 165 cm³/mol. The molecule has 0 unspecified atom stereocenters. The second-order valence-electron chi connectivity index (χ2n) is 10.1. The molecule has 12 heteroatoms. The number of ether oxygens (including phenoxy) is 2. The molecule has 1 aliphatic rings. The zero-order valence-electron chi connectivity index (χ0n) is 23.8. The van der Waals surface area contributed by atoms with E-state index in [1.807, 2.05) is 24.3 Å². The lowest BCUT2D eigenvalue weighted by atomic mass is 9.87. The van der Waals surface area contributed by atoms with Gasteiger partial charge in [0, 0.05) is 30.6 Å². The summed E-state index contributed by atoms with van der Waals surface area (Å²) in [5.74, 6) is -0.0806. The molecule has 0 aliphatic heterocycles. The third-order valence-corrected chi connectivity index (χ3v) is 8.14. The van der Waals surface area contributed by atoms with Crippen LogP contribution >= 0.6 is 22.6 Å². The van der Waals surface area contributed by atoms with Crippen LogP contribution in [0.1, 0.15) is 27.9 Å². The molecule has 234 valence electrons. The normalized spacial score (nSPS) is 18.2. The number of rotatable bonds is 11. The zero-order valence-corrected chi connectivity index (χ0v) is 25.9. The van der Waals surface area contributed by atoms with Crippen molar-refractivity contribution in [3.63, 3.8) is 0 Å². The van der Waals surface area contributed by atoms with E-state index in [-0.39, 0.29) is 43.7 Å².